The van der Waals surface area contributed by atoms with Gasteiger partial charge in [0.25, 0.3) is 0 Å². The molecule has 2 rings (SSSR count). The molecule has 1 heterocycles. The molecule has 1 aliphatic rings. The molecule has 0 aromatic carbocycles. The number of nitrogens with one attached hydrogen (secondary N) is 1. The van der Waals surface area contributed by atoms with Gasteiger partial charge in [0.2, 0.25) is 0 Å². The monoisotopic (exact) mass is 265 g/mol. The molecule has 0 radical (unpaired) electrons. The Morgan fingerprint density at radius 3 is 2.68 bits per heavy atom. The smallest absolute Gasteiger partial charge is 0.165 e. The van der Waals surface area contributed by atoms with Gasteiger partial charge in [0.15, 0.2) is 5.82 Å². The summed E-state index contributed by atoms with van der Waals surface area (Å²) in [7, 11) is 0. The molecular weight excluding hydrogens is 238 g/mol. The van der Waals surface area contributed by atoms with Gasteiger partial charge in [-0.1, -0.05) is 33.6 Å². The standard InChI is InChI=1S/C14H27N5/c1-4-15-10-13-16-17-18-19(13)11-14(9-12(2)3)7-5-6-8-14/h12,15H,4-11H2,1-3H3. The lowest BCUT2D eigenvalue weighted by molar-refractivity contribution is 0.184. The molecule has 0 spiro atoms. The van der Waals surface area contributed by atoms with Crippen LogP contribution in [0.4, 0.5) is 0 Å². The van der Waals surface area contributed by atoms with Crippen LogP contribution < -0.4 is 5.32 Å². The Morgan fingerprint density at radius 2 is 2.05 bits per heavy atom. The summed E-state index contributed by atoms with van der Waals surface area (Å²) in [6.07, 6.45) is 6.65. The lowest BCUT2D eigenvalue weighted by Crippen LogP contribution is -2.28. The van der Waals surface area contributed by atoms with Crippen molar-refractivity contribution in [2.24, 2.45) is 11.3 Å². The van der Waals surface area contributed by atoms with Crippen molar-refractivity contribution in [3.05, 3.63) is 5.82 Å². The molecule has 108 valence electrons. The Morgan fingerprint density at radius 1 is 1.32 bits per heavy atom. The topological polar surface area (TPSA) is 55.6 Å². The summed E-state index contributed by atoms with van der Waals surface area (Å²) in [4.78, 5) is 0. The van der Waals surface area contributed by atoms with Gasteiger partial charge < -0.3 is 5.32 Å². The molecule has 0 aliphatic heterocycles. The maximum absolute atomic E-state index is 4.20. The largest absolute Gasteiger partial charge is 0.310 e. The molecular formula is C14H27N5. The Kier molecular flexibility index (Phi) is 4.91. The molecule has 0 atom stereocenters. The first kappa shape index (κ1) is 14.4. The van der Waals surface area contributed by atoms with E-state index in [1.807, 2.05) is 4.68 Å². The van der Waals surface area contributed by atoms with Gasteiger partial charge in [0.1, 0.15) is 0 Å². The second-order valence-corrected chi connectivity index (χ2v) is 6.34. The minimum absolute atomic E-state index is 0.421. The summed E-state index contributed by atoms with van der Waals surface area (Å²) < 4.78 is 2.02. The van der Waals surface area contributed by atoms with Gasteiger partial charge in [-0.25, -0.2) is 4.68 Å². The van der Waals surface area contributed by atoms with Crippen LogP contribution in [0.5, 0.6) is 0 Å². The molecule has 19 heavy (non-hydrogen) atoms. The maximum Gasteiger partial charge on any atom is 0.165 e. The maximum atomic E-state index is 4.20. The quantitative estimate of drug-likeness (QED) is 0.822. The van der Waals surface area contributed by atoms with Gasteiger partial charge in [-0.05, 0) is 47.6 Å². The van der Waals surface area contributed by atoms with Gasteiger partial charge >= 0.3 is 0 Å². The van der Waals surface area contributed by atoms with Crippen molar-refractivity contribution in [1.29, 1.82) is 0 Å². The fourth-order valence-electron chi connectivity index (χ4n) is 3.44. The van der Waals surface area contributed by atoms with E-state index in [9.17, 15) is 0 Å². The van der Waals surface area contributed by atoms with Gasteiger partial charge in [-0.15, -0.1) is 5.10 Å². The first-order valence-corrected chi connectivity index (χ1v) is 7.61. The zero-order valence-electron chi connectivity index (χ0n) is 12.5. The zero-order chi connectivity index (χ0) is 13.7. The average Bonchev–Trinajstić information content (AvgIpc) is 2.96. The molecule has 0 bridgehead atoms. The molecule has 1 aromatic heterocycles. The van der Waals surface area contributed by atoms with Gasteiger partial charge in [0, 0.05) is 0 Å². The zero-order valence-corrected chi connectivity index (χ0v) is 12.5. The molecule has 1 fully saturated rings. The van der Waals surface area contributed by atoms with Crippen molar-refractivity contribution in [1.82, 2.24) is 25.5 Å². The number of rotatable bonds is 7. The summed E-state index contributed by atoms with van der Waals surface area (Å²) in [5.74, 6) is 1.71. The Hall–Kier alpha value is -0.970. The van der Waals surface area contributed by atoms with Crippen LogP contribution in [-0.4, -0.2) is 26.8 Å². The molecule has 1 aliphatic carbocycles. The predicted octanol–water partition coefficient (Wildman–Crippen LogP) is 2.39. The number of tetrazole rings is 1. The normalized spacial score (nSPS) is 18.3. The summed E-state index contributed by atoms with van der Waals surface area (Å²) in [6.45, 7) is 9.44. The lowest BCUT2D eigenvalue weighted by atomic mass is 9.78. The van der Waals surface area contributed by atoms with E-state index in [0.717, 1.165) is 31.4 Å². The van der Waals surface area contributed by atoms with Crippen molar-refractivity contribution < 1.29 is 0 Å². The second-order valence-electron chi connectivity index (χ2n) is 6.34. The highest BCUT2D eigenvalue weighted by atomic mass is 15.5. The highest BCUT2D eigenvalue weighted by Crippen LogP contribution is 2.44. The third-order valence-electron chi connectivity index (χ3n) is 4.13. The Bertz CT molecular complexity index is 379. The van der Waals surface area contributed by atoms with E-state index in [-0.39, 0.29) is 0 Å². The first-order chi connectivity index (χ1) is 9.15. The van der Waals surface area contributed by atoms with Crippen LogP contribution in [0.15, 0.2) is 0 Å². The summed E-state index contributed by atoms with van der Waals surface area (Å²) in [5.41, 5.74) is 0.421. The predicted molar refractivity (Wildman–Crippen MR) is 75.6 cm³/mol. The van der Waals surface area contributed by atoms with E-state index < -0.39 is 0 Å². The van der Waals surface area contributed by atoms with Crippen LogP contribution in [0.2, 0.25) is 0 Å². The fourth-order valence-corrected chi connectivity index (χ4v) is 3.44. The fraction of sp³-hybridized carbons (Fsp3) is 0.929. The minimum atomic E-state index is 0.421. The number of hydrogen-bond acceptors (Lipinski definition) is 4. The van der Waals surface area contributed by atoms with Crippen LogP contribution in [0.3, 0.4) is 0 Å². The molecule has 0 saturated heterocycles. The average molecular weight is 265 g/mol. The van der Waals surface area contributed by atoms with Gasteiger partial charge in [-0.3, -0.25) is 0 Å². The van der Waals surface area contributed by atoms with E-state index in [0.29, 0.717) is 5.41 Å². The van der Waals surface area contributed by atoms with Crippen LogP contribution in [0, 0.1) is 11.3 Å². The van der Waals surface area contributed by atoms with Crippen LogP contribution in [0.1, 0.15) is 58.7 Å². The highest BCUT2D eigenvalue weighted by Gasteiger charge is 2.35. The summed E-state index contributed by atoms with van der Waals surface area (Å²) >= 11 is 0. The number of nitrogens with zero attached hydrogens (tertiary/aromatic N) is 4. The van der Waals surface area contributed by atoms with Crippen molar-refractivity contribution in [2.75, 3.05) is 6.54 Å². The van der Waals surface area contributed by atoms with E-state index in [4.69, 9.17) is 0 Å². The van der Waals surface area contributed by atoms with Crippen molar-refractivity contribution in [2.45, 2.75) is 66.0 Å². The van der Waals surface area contributed by atoms with Gasteiger partial charge in [0.05, 0.1) is 13.1 Å². The van der Waals surface area contributed by atoms with Crippen molar-refractivity contribution >= 4 is 0 Å². The molecule has 1 saturated carbocycles. The van der Waals surface area contributed by atoms with E-state index in [1.165, 1.54) is 32.1 Å². The van der Waals surface area contributed by atoms with E-state index in [1.54, 1.807) is 0 Å². The van der Waals surface area contributed by atoms with Crippen LogP contribution >= 0.6 is 0 Å². The SMILES string of the molecule is CCNCc1nnnn1CC1(CC(C)C)CCCC1. The van der Waals surface area contributed by atoms with Crippen molar-refractivity contribution in [3.63, 3.8) is 0 Å². The molecule has 1 aromatic rings. The molecule has 0 amide bonds. The first-order valence-electron chi connectivity index (χ1n) is 7.61. The number of aromatic nitrogens is 4. The molecule has 0 unspecified atom stereocenters. The van der Waals surface area contributed by atoms with E-state index >= 15 is 0 Å². The van der Waals surface area contributed by atoms with E-state index in [2.05, 4.69) is 41.6 Å². The minimum Gasteiger partial charge on any atom is -0.310 e. The molecule has 5 nitrogen and oxygen atoms in total. The number of hydrogen-bond donors (Lipinski definition) is 1. The second kappa shape index (κ2) is 6.46. The Balaban J connectivity index is 2.06. The van der Waals surface area contributed by atoms with Gasteiger partial charge in [-0.2, -0.15) is 0 Å². The van der Waals surface area contributed by atoms with Crippen LogP contribution in [-0.2, 0) is 13.1 Å². The molecule has 1 N–H and O–H groups in total. The highest BCUT2D eigenvalue weighted by molar-refractivity contribution is 4.89. The van der Waals surface area contributed by atoms with Crippen LogP contribution in [0.25, 0.3) is 0 Å². The summed E-state index contributed by atoms with van der Waals surface area (Å²) in [6, 6.07) is 0. The molecule has 5 heteroatoms. The Labute approximate surface area is 116 Å². The van der Waals surface area contributed by atoms with Crippen molar-refractivity contribution in [3.8, 4) is 0 Å². The third-order valence-corrected chi connectivity index (χ3v) is 4.13. The lowest BCUT2D eigenvalue weighted by Gasteiger charge is -2.30. The summed E-state index contributed by atoms with van der Waals surface area (Å²) in [5, 5.41) is 15.5. The third kappa shape index (κ3) is 3.75.